The van der Waals surface area contributed by atoms with Crippen molar-refractivity contribution < 1.29 is 32.0 Å². The Labute approximate surface area is 192 Å². The van der Waals surface area contributed by atoms with Gasteiger partial charge in [0.2, 0.25) is 5.82 Å². The molecule has 1 fully saturated rings. The van der Waals surface area contributed by atoms with Crippen LogP contribution in [0.15, 0.2) is 41.1 Å². The third-order valence-electron chi connectivity index (χ3n) is 5.17. The van der Waals surface area contributed by atoms with Crippen molar-refractivity contribution in [3.8, 4) is 22.9 Å². The fourth-order valence-corrected chi connectivity index (χ4v) is 3.38. The maximum Gasteiger partial charge on any atom is 0.471 e. The summed E-state index contributed by atoms with van der Waals surface area (Å²) in [4.78, 5) is 24.0. The molecule has 1 saturated heterocycles. The second-order valence-corrected chi connectivity index (χ2v) is 7.33. The van der Waals surface area contributed by atoms with E-state index in [0.29, 0.717) is 54.7 Å². The van der Waals surface area contributed by atoms with Crippen molar-refractivity contribution in [2.24, 2.45) is 0 Å². The van der Waals surface area contributed by atoms with Gasteiger partial charge in [0, 0.05) is 61.8 Å². The monoisotopic (exact) mass is 478 g/mol. The normalized spacial score (nSPS) is 14.1. The number of ether oxygens (including phenoxy) is 2. The molecule has 4 rings (SSSR count). The smallest absolute Gasteiger partial charge is 0.471 e. The Morgan fingerprint density at radius 3 is 2.26 bits per heavy atom. The Morgan fingerprint density at radius 1 is 1.06 bits per heavy atom. The number of aromatic nitrogens is 3. The number of nitrogens with zero attached hydrogens (tertiary/aromatic N) is 5. The zero-order valence-corrected chi connectivity index (χ0v) is 18.3. The average Bonchev–Trinajstić information content (AvgIpc) is 3.35. The number of nitrogens with one attached hydrogen (secondary N) is 1. The van der Waals surface area contributed by atoms with Crippen molar-refractivity contribution in [2.45, 2.75) is 6.18 Å². The quantitative estimate of drug-likeness (QED) is 0.594. The molecule has 0 unspecified atom stereocenters. The molecule has 2 amide bonds. The molecule has 3 heterocycles. The number of carbonyl (C=O) groups excluding carboxylic acids is 1. The van der Waals surface area contributed by atoms with E-state index in [-0.39, 0.29) is 11.9 Å². The standard InChI is InChI=1S/C21H21F3N6O4/c1-32-15-9-14(10-16(11-15)33-2)26-20(31)30-7-5-29(6-8-30)17-4-3-13(12-25-17)18-27-19(34-28-18)21(22,23)24/h3-4,9-12H,5-8H2,1-2H3,(H,26,31). The van der Waals surface area contributed by atoms with Crippen LogP contribution in [0, 0.1) is 0 Å². The minimum atomic E-state index is -4.71. The molecule has 1 aromatic carbocycles. The lowest BCUT2D eigenvalue weighted by Gasteiger charge is -2.35. The number of urea groups is 1. The van der Waals surface area contributed by atoms with Gasteiger partial charge in [-0.15, -0.1) is 0 Å². The molecular formula is C21H21F3N6O4. The highest BCUT2D eigenvalue weighted by molar-refractivity contribution is 5.90. The van der Waals surface area contributed by atoms with Crippen LogP contribution >= 0.6 is 0 Å². The molecule has 0 aliphatic carbocycles. The zero-order valence-electron chi connectivity index (χ0n) is 18.3. The van der Waals surface area contributed by atoms with Crippen LogP contribution in [0.2, 0.25) is 0 Å². The van der Waals surface area contributed by atoms with Crippen LogP contribution in [-0.2, 0) is 6.18 Å². The van der Waals surface area contributed by atoms with Crippen molar-refractivity contribution in [3.63, 3.8) is 0 Å². The third-order valence-corrected chi connectivity index (χ3v) is 5.17. The van der Waals surface area contributed by atoms with Crippen LogP contribution in [0.3, 0.4) is 0 Å². The summed E-state index contributed by atoms with van der Waals surface area (Å²) in [5.41, 5.74) is 0.853. The van der Waals surface area contributed by atoms with E-state index in [9.17, 15) is 18.0 Å². The average molecular weight is 478 g/mol. The molecule has 10 nitrogen and oxygen atoms in total. The Kier molecular flexibility index (Phi) is 6.43. The van der Waals surface area contributed by atoms with Gasteiger partial charge in [-0.25, -0.2) is 9.78 Å². The maximum absolute atomic E-state index is 12.7. The SMILES string of the molecule is COc1cc(NC(=O)N2CCN(c3ccc(-c4noc(C(F)(F)F)n4)cn3)CC2)cc(OC)c1. The van der Waals surface area contributed by atoms with E-state index >= 15 is 0 Å². The fourth-order valence-electron chi connectivity index (χ4n) is 3.38. The molecule has 1 N–H and O–H groups in total. The number of anilines is 2. The van der Waals surface area contributed by atoms with E-state index in [1.165, 1.54) is 20.4 Å². The van der Waals surface area contributed by atoms with Crippen molar-refractivity contribution in [3.05, 3.63) is 42.4 Å². The van der Waals surface area contributed by atoms with Crippen LogP contribution in [-0.4, -0.2) is 66.5 Å². The third kappa shape index (κ3) is 5.13. The number of hydrogen-bond acceptors (Lipinski definition) is 8. The first-order chi connectivity index (χ1) is 16.3. The number of hydrogen-bond donors (Lipinski definition) is 1. The van der Waals surface area contributed by atoms with Gasteiger partial charge in [0.1, 0.15) is 17.3 Å². The number of rotatable bonds is 5. The first kappa shape index (κ1) is 23.1. The number of alkyl halides is 3. The molecule has 1 aliphatic rings. The molecule has 0 saturated carbocycles. The van der Waals surface area contributed by atoms with Crippen LogP contribution in [0.1, 0.15) is 5.89 Å². The van der Waals surface area contributed by atoms with Gasteiger partial charge >= 0.3 is 18.1 Å². The summed E-state index contributed by atoms with van der Waals surface area (Å²) in [6.07, 6.45) is -3.32. The molecule has 34 heavy (non-hydrogen) atoms. The summed E-state index contributed by atoms with van der Waals surface area (Å²) in [5.74, 6) is 0.144. The Hall–Kier alpha value is -4.03. The van der Waals surface area contributed by atoms with Crippen LogP contribution in [0.5, 0.6) is 11.5 Å². The topological polar surface area (TPSA) is 106 Å². The van der Waals surface area contributed by atoms with Gasteiger partial charge in [0.25, 0.3) is 0 Å². The van der Waals surface area contributed by atoms with E-state index in [0.717, 1.165) is 0 Å². The second kappa shape index (κ2) is 9.45. The number of amides is 2. The number of halogens is 3. The van der Waals surface area contributed by atoms with Gasteiger partial charge in [-0.1, -0.05) is 5.16 Å². The van der Waals surface area contributed by atoms with Crippen molar-refractivity contribution in [1.29, 1.82) is 0 Å². The Morgan fingerprint density at radius 2 is 1.74 bits per heavy atom. The van der Waals surface area contributed by atoms with Crippen LogP contribution in [0.25, 0.3) is 11.4 Å². The molecule has 13 heteroatoms. The van der Waals surface area contributed by atoms with Gasteiger partial charge in [-0.2, -0.15) is 18.2 Å². The minimum absolute atomic E-state index is 0.193. The predicted molar refractivity (Wildman–Crippen MR) is 115 cm³/mol. The molecule has 0 radical (unpaired) electrons. The molecule has 0 atom stereocenters. The number of carbonyl (C=O) groups is 1. The van der Waals surface area contributed by atoms with Crippen molar-refractivity contribution >= 4 is 17.5 Å². The molecule has 1 aliphatic heterocycles. The highest BCUT2D eigenvalue weighted by Crippen LogP contribution is 2.30. The van der Waals surface area contributed by atoms with Gasteiger partial charge in [0.15, 0.2) is 0 Å². The van der Waals surface area contributed by atoms with Crippen molar-refractivity contribution in [1.82, 2.24) is 20.0 Å². The zero-order chi connectivity index (χ0) is 24.3. The highest BCUT2D eigenvalue weighted by Gasteiger charge is 2.38. The number of benzene rings is 1. The van der Waals surface area contributed by atoms with E-state index in [1.54, 1.807) is 35.2 Å². The summed E-state index contributed by atoms with van der Waals surface area (Å²) in [5, 5.41) is 6.20. The van der Waals surface area contributed by atoms with E-state index in [2.05, 4.69) is 25.0 Å². The van der Waals surface area contributed by atoms with Crippen LogP contribution in [0.4, 0.5) is 29.5 Å². The van der Waals surface area contributed by atoms with E-state index in [4.69, 9.17) is 9.47 Å². The lowest BCUT2D eigenvalue weighted by atomic mass is 10.2. The van der Waals surface area contributed by atoms with Crippen LogP contribution < -0.4 is 19.7 Å². The number of methoxy groups -OCH3 is 2. The van der Waals surface area contributed by atoms with Gasteiger partial charge in [-0.3, -0.25) is 0 Å². The summed E-state index contributed by atoms with van der Waals surface area (Å²) in [6, 6.07) is 8.09. The molecule has 2 aromatic heterocycles. The van der Waals surface area contributed by atoms with Gasteiger partial charge < -0.3 is 29.1 Å². The van der Waals surface area contributed by atoms with E-state index in [1.807, 2.05) is 4.90 Å². The summed E-state index contributed by atoms with van der Waals surface area (Å²) < 4.78 is 52.6. The van der Waals surface area contributed by atoms with Crippen molar-refractivity contribution in [2.75, 3.05) is 50.6 Å². The second-order valence-electron chi connectivity index (χ2n) is 7.33. The molecule has 0 bridgehead atoms. The highest BCUT2D eigenvalue weighted by atomic mass is 19.4. The first-order valence-corrected chi connectivity index (χ1v) is 10.2. The number of piperazine rings is 1. The molecule has 180 valence electrons. The molecular weight excluding hydrogens is 457 g/mol. The lowest BCUT2D eigenvalue weighted by molar-refractivity contribution is -0.159. The van der Waals surface area contributed by atoms with E-state index < -0.39 is 12.1 Å². The summed E-state index contributed by atoms with van der Waals surface area (Å²) >= 11 is 0. The fraction of sp³-hybridized carbons (Fsp3) is 0.333. The van der Waals surface area contributed by atoms with Gasteiger partial charge in [0.05, 0.1) is 14.2 Å². The molecule has 0 spiro atoms. The Balaban J connectivity index is 1.34. The first-order valence-electron chi connectivity index (χ1n) is 10.2. The minimum Gasteiger partial charge on any atom is -0.497 e. The van der Waals surface area contributed by atoms with Gasteiger partial charge in [-0.05, 0) is 12.1 Å². The lowest BCUT2D eigenvalue weighted by Crippen LogP contribution is -2.50. The summed E-state index contributed by atoms with van der Waals surface area (Å²) in [6.45, 7) is 1.97. The molecule has 3 aromatic rings. The predicted octanol–water partition coefficient (Wildman–Crippen LogP) is 3.52. The summed E-state index contributed by atoms with van der Waals surface area (Å²) in [7, 11) is 3.06. The number of pyridine rings is 1. The maximum atomic E-state index is 12.7. The largest absolute Gasteiger partial charge is 0.497 e. The Bertz CT molecular complexity index is 1120.